The van der Waals surface area contributed by atoms with E-state index in [1.807, 2.05) is 28.8 Å². The largest absolute Gasteiger partial charge is 0.497 e. The van der Waals surface area contributed by atoms with Crippen LogP contribution in [0.3, 0.4) is 0 Å². The Bertz CT molecular complexity index is 1190. The van der Waals surface area contributed by atoms with Gasteiger partial charge in [0.2, 0.25) is 11.2 Å². The molecule has 0 unspecified atom stereocenters. The molecule has 0 saturated heterocycles. The highest BCUT2D eigenvalue weighted by molar-refractivity contribution is 5.70. The third kappa shape index (κ3) is 3.75. The molecule has 2 aromatic heterocycles. The molecule has 0 fully saturated rings. The number of aromatic amines is 1. The smallest absolute Gasteiger partial charge is 0.364 e. The number of methoxy groups -OCH3 is 1. The number of fused-ring (bicyclic) bond motifs is 3. The number of unbranched alkanes of at least 4 members (excludes halogenated alkanes) is 3. The van der Waals surface area contributed by atoms with E-state index in [0.717, 1.165) is 56.2 Å². The fourth-order valence-electron chi connectivity index (χ4n) is 4.46. The molecule has 0 spiro atoms. The molecule has 0 amide bonds. The van der Waals surface area contributed by atoms with Crippen LogP contribution in [0.1, 0.15) is 39.5 Å². The first-order valence-electron chi connectivity index (χ1n) is 11.1. The fourth-order valence-corrected chi connectivity index (χ4v) is 4.46. The Morgan fingerprint density at radius 3 is 2.58 bits per heavy atom. The number of rotatable bonds is 7. The molecule has 3 heterocycles. The first kappa shape index (κ1) is 21.2. The number of aromatic nitrogens is 4. The van der Waals surface area contributed by atoms with E-state index in [0.29, 0.717) is 23.6 Å². The number of nitrogens with zero attached hydrogens (tertiary/aromatic N) is 4. The summed E-state index contributed by atoms with van der Waals surface area (Å²) in [6.07, 6.45) is 4.08. The summed E-state index contributed by atoms with van der Waals surface area (Å²) < 4.78 is 10.3. The molecule has 0 bridgehead atoms. The van der Waals surface area contributed by atoms with Gasteiger partial charge in [-0.05, 0) is 30.7 Å². The summed E-state index contributed by atoms with van der Waals surface area (Å²) >= 11 is 0. The van der Waals surface area contributed by atoms with Crippen LogP contribution in [0, 0.1) is 5.92 Å². The SMILES string of the molecule is CCCCCCn1c(=O)c2c([nH]c3[n+]2C[C@H](C)CN3c2ccc(OC)cc2)n(C)c1=O. The highest BCUT2D eigenvalue weighted by Gasteiger charge is 2.35. The Balaban J connectivity index is 1.83. The van der Waals surface area contributed by atoms with Gasteiger partial charge in [-0.25, -0.2) is 19.2 Å². The minimum Gasteiger partial charge on any atom is -0.497 e. The number of ether oxygens (including phenoxy) is 1. The van der Waals surface area contributed by atoms with Crippen molar-refractivity contribution in [3.63, 3.8) is 0 Å². The van der Waals surface area contributed by atoms with Crippen molar-refractivity contribution >= 4 is 22.8 Å². The molecule has 0 aliphatic carbocycles. The van der Waals surface area contributed by atoms with Crippen LogP contribution in [0.5, 0.6) is 5.75 Å². The molecule has 0 radical (unpaired) electrons. The Hall–Kier alpha value is -3.03. The minimum absolute atomic E-state index is 0.208. The second-order valence-corrected chi connectivity index (χ2v) is 8.53. The van der Waals surface area contributed by atoms with Gasteiger partial charge in [0.05, 0.1) is 20.2 Å². The van der Waals surface area contributed by atoms with Crippen LogP contribution in [0.2, 0.25) is 0 Å². The average Bonchev–Trinajstić information content (AvgIpc) is 3.16. The van der Waals surface area contributed by atoms with Crippen molar-refractivity contribution in [2.75, 3.05) is 18.6 Å². The highest BCUT2D eigenvalue weighted by atomic mass is 16.5. The van der Waals surface area contributed by atoms with Gasteiger partial charge < -0.3 is 4.74 Å². The fraction of sp³-hybridized carbons (Fsp3) is 0.522. The van der Waals surface area contributed by atoms with Crippen molar-refractivity contribution in [3.05, 3.63) is 45.1 Å². The van der Waals surface area contributed by atoms with E-state index in [2.05, 4.69) is 23.7 Å². The molecule has 3 aromatic rings. The van der Waals surface area contributed by atoms with Crippen LogP contribution in [-0.2, 0) is 20.1 Å². The summed E-state index contributed by atoms with van der Waals surface area (Å²) in [7, 11) is 3.38. The maximum Gasteiger partial charge on any atom is 0.364 e. The van der Waals surface area contributed by atoms with E-state index in [4.69, 9.17) is 4.74 Å². The number of aryl methyl sites for hydroxylation is 1. The van der Waals surface area contributed by atoms with Crippen LogP contribution in [0.15, 0.2) is 33.9 Å². The third-order valence-electron chi connectivity index (χ3n) is 6.14. The Morgan fingerprint density at radius 1 is 1.16 bits per heavy atom. The molecule has 0 saturated carbocycles. The lowest BCUT2D eigenvalue weighted by Crippen LogP contribution is -2.52. The zero-order valence-electron chi connectivity index (χ0n) is 18.9. The summed E-state index contributed by atoms with van der Waals surface area (Å²) in [6, 6.07) is 7.89. The lowest BCUT2D eigenvalue weighted by Gasteiger charge is -2.26. The number of hydrogen-bond acceptors (Lipinski definition) is 4. The van der Waals surface area contributed by atoms with Crippen molar-refractivity contribution in [1.29, 1.82) is 0 Å². The summed E-state index contributed by atoms with van der Waals surface area (Å²) in [5.74, 6) is 1.97. The van der Waals surface area contributed by atoms with Crippen LogP contribution in [0.4, 0.5) is 11.6 Å². The zero-order valence-corrected chi connectivity index (χ0v) is 18.9. The number of imidazole rings is 1. The lowest BCUT2D eigenvalue weighted by atomic mass is 10.1. The Morgan fingerprint density at radius 2 is 1.90 bits per heavy atom. The topological polar surface area (TPSA) is 76.1 Å². The molecule has 31 heavy (non-hydrogen) atoms. The molecular formula is C23H32N5O3+. The summed E-state index contributed by atoms with van der Waals surface area (Å²) in [5.41, 5.74) is 1.68. The number of hydrogen-bond donors (Lipinski definition) is 1. The van der Waals surface area contributed by atoms with Gasteiger partial charge in [0.15, 0.2) is 0 Å². The number of anilines is 2. The van der Waals surface area contributed by atoms with Crippen molar-refractivity contribution in [2.45, 2.75) is 52.6 Å². The standard InChI is InChI=1S/C23H31N5O3/c1-5-6-7-8-13-26-21(29)19-20(25(3)23(26)30)24-22-27(14-16(2)15-28(19)22)17-9-11-18(31-4)12-10-17/h9-12,16H,5-8,13-15H2,1-4H3/p+1/t16-/m1/s1. The van der Waals surface area contributed by atoms with E-state index in [1.54, 1.807) is 18.7 Å². The van der Waals surface area contributed by atoms with Gasteiger partial charge >= 0.3 is 11.6 Å². The molecule has 1 atom stereocenters. The molecule has 1 N–H and O–H groups in total. The Labute approximate surface area is 181 Å². The van der Waals surface area contributed by atoms with Crippen LogP contribution >= 0.6 is 0 Å². The number of nitrogens with one attached hydrogen (secondary N) is 1. The van der Waals surface area contributed by atoms with Gasteiger partial charge in [0.25, 0.3) is 5.56 Å². The van der Waals surface area contributed by atoms with Gasteiger partial charge in [-0.3, -0.25) is 13.9 Å². The molecule has 8 nitrogen and oxygen atoms in total. The van der Waals surface area contributed by atoms with Crippen LogP contribution < -0.4 is 25.5 Å². The summed E-state index contributed by atoms with van der Waals surface area (Å²) in [4.78, 5) is 31.9. The van der Waals surface area contributed by atoms with Crippen molar-refractivity contribution in [3.8, 4) is 5.75 Å². The monoisotopic (exact) mass is 426 g/mol. The number of benzene rings is 1. The second kappa shape index (κ2) is 8.61. The first-order valence-corrected chi connectivity index (χ1v) is 11.1. The van der Waals surface area contributed by atoms with Gasteiger partial charge in [0, 0.05) is 19.5 Å². The molecule has 1 aliphatic rings. The maximum atomic E-state index is 13.4. The van der Waals surface area contributed by atoms with E-state index >= 15 is 0 Å². The van der Waals surface area contributed by atoms with E-state index in [1.165, 1.54) is 4.57 Å². The normalized spacial score (nSPS) is 16.0. The van der Waals surface area contributed by atoms with E-state index in [9.17, 15) is 9.59 Å². The van der Waals surface area contributed by atoms with Crippen molar-refractivity contribution in [1.82, 2.24) is 14.1 Å². The van der Waals surface area contributed by atoms with Crippen molar-refractivity contribution in [2.24, 2.45) is 13.0 Å². The first-order chi connectivity index (χ1) is 15.0. The van der Waals surface area contributed by atoms with Crippen molar-refractivity contribution < 1.29 is 9.30 Å². The van der Waals surface area contributed by atoms with Gasteiger partial charge in [-0.15, -0.1) is 0 Å². The summed E-state index contributed by atoms with van der Waals surface area (Å²) in [6.45, 7) is 6.33. The second-order valence-electron chi connectivity index (χ2n) is 8.53. The maximum absolute atomic E-state index is 13.4. The van der Waals surface area contributed by atoms with Gasteiger partial charge in [-0.2, -0.15) is 0 Å². The zero-order chi connectivity index (χ0) is 22.1. The van der Waals surface area contributed by atoms with E-state index in [-0.39, 0.29) is 11.2 Å². The minimum atomic E-state index is -0.266. The molecule has 1 aromatic carbocycles. The molecule has 4 rings (SSSR count). The third-order valence-corrected chi connectivity index (χ3v) is 6.14. The van der Waals surface area contributed by atoms with E-state index < -0.39 is 0 Å². The summed E-state index contributed by atoms with van der Waals surface area (Å²) in [5, 5.41) is 0. The average molecular weight is 427 g/mol. The predicted octanol–water partition coefficient (Wildman–Crippen LogP) is 2.69. The molecule has 166 valence electrons. The molecular weight excluding hydrogens is 394 g/mol. The lowest BCUT2D eigenvalue weighted by molar-refractivity contribution is -0.669. The molecule has 8 heteroatoms. The quantitative estimate of drug-likeness (QED) is 0.466. The van der Waals surface area contributed by atoms with Gasteiger partial charge in [0.1, 0.15) is 11.4 Å². The number of H-pyrrole nitrogens is 1. The van der Waals surface area contributed by atoms with Crippen LogP contribution in [-0.4, -0.2) is 27.8 Å². The Kier molecular flexibility index (Phi) is 5.89. The predicted molar refractivity (Wildman–Crippen MR) is 121 cm³/mol. The molecule has 1 aliphatic heterocycles. The van der Waals surface area contributed by atoms with Crippen LogP contribution in [0.25, 0.3) is 11.2 Å². The highest BCUT2D eigenvalue weighted by Crippen LogP contribution is 2.29. The van der Waals surface area contributed by atoms with Gasteiger partial charge in [-0.1, -0.05) is 33.1 Å².